The first-order valence-corrected chi connectivity index (χ1v) is 8.77. The Kier molecular flexibility index (Phi) is 4.91. The second-order valence-electron chi connectivity index (χ2n) is 6.19. The molecule has 0 saturated heterocycles. The molecular formula is C20H19N5O2. The van der Waals surface area contributed by atoms with Crippen molar-refractivity contribution in [2.75, 3.05) is 13.1 Å². The molecule has 0 fully saturated rings. The van der Waals surface area contributed by atoms with Gasteiger partial charge in [0.15, 0.2) is 0 Å². The fraction of sp³-hybridized carbons (Fsp3) is 0.200. The number of amides is 1. The lowest BCUT2D eigenvalue weighted by Crippen LogP contribution is -2.38. The van der Waals surface area contributed by atoms with E-state index >= 15 is 0 Å². The molecule has 7 nitrogen and oxygen atoms in total. The van der Waals surface area contributed by atoms with E-state index in [2.05, 4.69) is 15.2 Å². The van der Waals surface area contributed by atoms with Gasteiger partial charge in [-0.15, -0.1) is 0 Å². The van der Waals surface area contributed by atoms with Gasteiger partial charge in [-0.1, -0.05) is 35.5 Å². The van der Waals surface area contributed by atoms with Crippen molar-refractivity contribution in [3.8, 4) is 5.69 Å². The van der Waals surface area contributed by atoms with E-state index in [1.807, 2.05) is 42.5 Å². The van der Waals surface area contributed by atoms with Crippen molar-refractivity contribution in [2.24, 2.45) is 5.16 Å². The van der Waals surface area contributed by atoms with Gasteiger partial charge in [-0.05, 0) is 17.7 Å². The van der Waals surface area contributed by atoms with Crippen molar-refractivity contribution >= 4 is 12.1 Å². The molecule has 0 saturated carbocycles. The molecule has 0 atom stereocenters. The highest BCUT2D eigenvalue weighted by atomic mass is 16.6. The molecule has 0 aliphatic carbocycles. The maximum atomic E-state index is 12.7. The van der Waals surface area contributed by atoms with Crippen LogP contribution in [0.3, 0.4) is 0 Å². The molecule has 0 bridgehead atoms. The van der Waals surface area contributed by atoms with Gasteiger partial charge < -0.3 is 9.74 Å². The molecule has 1 aromatic carbocycles. The van der Waals surface area contributed by atoms with Crippen molar-refractivity contribution in [3.05, 3.63) is 77.9 Å². The first-order valence-electron chi connectivity index (χ1n) is 8.77. The predicted molar refractivity (Wildman–Crippen MR) is 101 cm³/mol. The largest absolute Gasteiger partial charge is 0.391 e. The normalized spacial score (nSPS) is 13.8. The summed E-state index contributed by atoms with van der Waals surface area (Å²) in [6.07, 6.45) is 7.53. The number of carbonyl (C=O) groups excluding carboxylic acids is 1. The van der Waals surface area contributed by atoms with Crippen LogP contribution in [0.1, 0.15) is 21.6 Å². The van der Waals surface area contributed by atoms with Crippen molar-refractivity contribution in [1.82, 2.24) is 19.7 Å². The first kappa shape index (κ1) is 17.0. The van der Waals surface area contributed by atoms with Crippen LogP contribution in [0.25, 0.3) is 5.69 Å². The van der Waals surface area contributed by atoms with E-state index < -0.39 is 0 Å². The number of nitrogens with zero attached hydrogens (tertiary/aromatic N) is 5. The van der Waals surface area contributed by atoms with E-state index in [0.717, 1.165) is 16.9 Å². The van der Waals surface area contributed by atoms with E-state index in [9.17, 15) is 4.79 Å². The third-order valence-electron chi connectivity index (χ3n) is 4.36. The lowest BCUT2D eigenvalue weighted by atomic mass is 10.1. The van der Waals surface area contributed by atoms with Gasteiger partial charge in [-0.2, -0.15) is 5.10 Å². The van der Waals surface area contributed by atoms with Gasteiger partial charge in [0.1, 0.15) is 6.61 Å². The van der Waals surface area contributed by atoms with Crippen molar-refractivity contribution < 1.29 is 9.63 Å². The molecular weight excluding hydrogens is 342 g/mol. The Balaban J connectivity index is 1.36. The summed E-state index contributed by atoms with van der Waals surface area (Å²) in [5.74, 6) is -0.0408. The zero-order chi connectivity index (χ0) is 18.5. The summed E-state index contributed by atoms with van der Waals surface area (Å²) in [4.78, 5) is 23.8. The molecule has 2 aromatic heterocycles. The SMILES string of the molecule is O=C1c2cn(-c3cccnc3)nc2CCN1C/C=N/OCc1ccccc1. The lowest BCUT2D eigenvalue weighted by molar-refractivity contribution is 0.0762. The molecule has 1 aliphatic rings. The maximum Gasteiger partial charge on any atom is 0.257 e. The smallest absolute Gasteiger partial charge is 0.257 e. The standard InChI is InChI=1S/C20H19N5O2/c26-20-18-14-25(17-7-4-9-21-13-17)23-19(18)8-11-24(20)12-10-22-27-15-16-5-2-1-3-6-16/h1-7,9-10,13-14H,8,11-12,15H2/b22-10+. The average Bonchev–Trinajstić information content (AvgIpc) is 3.16. The van der Waals surface area contributed by atoms with Gasteiger partial charge in [0.05, 0.1) is 35.9 Å². The molecule has 1 aliphatic heterocycles. The number of pyridine rings is 1. The Hall–Kier alpha value is -3.48. The summed E-state index contributed by atoms with van der Waals surface area (Å²) >= 11 is 0. The fourth-order valence-corrected chi connectivity index (χ4v) is 2.95. The first-order chi connectivity index (χ1) is 13.3. The summed E-state index contributed by atoms with van der Waals surface area (Å²) in [5, 5.41) is 8.48. The van der Waals surface area contributed by atoms with Crippen LogP contribution in [-0.4, -0.2) is 44.9 Å². The summed E-state index contributed by atoms with van der Waals surface area (Å²) in [6.45, 7) is 1.43. The molecule has 0 unspecified atom stereocenters. The third-order valence-corrected chi connectivity index (χ3v) is 4.36. The quantitative estimate of drug-likeness (QED) is 0.499. The Morgan fingerprint density at radius 1 is 1.19 bits per heavy atom. The predicted octanol–water partition coefficient (Wildman–Crippen LogP) is 2.47. The van der Waals surface area contributed by atoms with Gasteiger partial charge in [0.25, 0.3) is 5.91 Å². The Bertz CT molecular complexity index is 938. The van der Waals surface area contributed by atoms with E-state index in [1.165, 1.54) is 0 Å². The van der Waals surface area contributed by atoms with Crippen LogP contribution in [0.5, 0.6) is 0 Å². The van der Waals surface area contributed by atoms with E-state index in [0.29, 0.717) is 31.7 Å². The minimum Gasteiger partial charge on any atom is -0.391 e. The fourth-order valence-electron chi connectivity index (χ4n) is 2.95. The molecule has 7 heteroatoms. The second-order valence-corrected chi connectivity index (χ2v) is 6.19. The number of fused-ring (bicyclic) bond motifs is 1. The number of hydrogen-bond acceptors (Lipinski definition) is 5. The van der Waals surface area contributed by atoms with E-state index in [4.69, 9.17) is 4.84 Å². The van der Waals surface area contributed by atoms with Crippen molar-refractivity contribution in [1.29, 1.82) is 0 Å². The van der Waals surface area contributed by atoms with Crippen LogP contribution in [0, 0.1) is 0 Å². The van der Waals surface area contributed by atoms with Crippen LogP contribution < -0.4 is 0 Å². The van der Waals surface area contributed by atoms with Gasteiger partial charge in [0, 0.05) is 25.4 Å². The van der Waals surface area contributed by atoms with Gasteiger partial charge in [0.2, 0.25) is 0 Å². The number of benzene rings is 1. The van der Waals surface area contributed by atoms with Crippen molar-refractivity contribution in [2.45, 2.75) is 13.0 Å². The minimum absolute atomic E-state index is 0.0408. The Morgan fingerprint density at radius 3 is 2.89 bits per heavy atom. The molecule has 4 rings (SSSR count). The molecule has 27 heavy (non-hydrogen) atoms. The molecule has 0 N–H and O–H groups in total. The number of hydrogen-bond donors (Lipinski definition) is 0. The van der Waals surface area contributed by atoms with Crippen LogP contribution in [0.2, 0.25) is 0 Å². The molecule has 0 spiro atoms. The Morgan fingerprint density at radius 2 is 2.07 bits per heavy atom. The highest BCUT2D eigenvalue weighted by Crippen LogP contribution is 2.19. The zero-order valence-corrected chi connectivity index (χ0v) is 14.7. The number of oxime groups is 1. The van der Waals surface area contributed by atoms with Gasteiger partial charge >= 0.3 is 0 Å². The third kappa shape index (κ3) is 3.87. The Labute approximate surface area is 156 Å². The maximum absolute atomic E-state index is 12.7. The molecule has 136 valence electrons. The van der Waals surface area contributed by atoms with Crippen LogP contribution in [0.15, 0.2) is 66.2 Å². The van der Waals surface area contributed by atoms with Crippen LogP contribution in [-0.2, 0) is 17.9 Å². The number of rotatable bonds is 6. The van der Waals surface area contributed by atoms with E-state index in [-0.39, 0.29) is 5.91 Å². The van der Waals surface area contributed by atoms with Crippen LogP contribution >= 0.6 is 0 Å². The number of aromatic nitrogens is 3. The molecule has 1 amide bonds. The van der Waals surface area contributed by atoms with E-state index in [1.54, 1.807) is 34.4 Å². The summed E-state index contributed by atoms with van der Waals surface area (Å²) in [7, 11) is 0. The summed E-state index contributed by atoms with van der Waals surface area (Å²) in [6, 6.07) is 13.6. The highest BCUT2D eigenvalue weighted by molar-refractivity contribution is 5.97. The second kappa shape index (κ2) is 7.82. The zero-order valence-electron chi connectivity index (χ0n) is 14.7. The topological polar surface area (TPSA) is 72.6 Å². The van der Waals surface area contributed by atoms with Gasteiger partial charge in [-0.25, -0.2) is 4.68 Å². The van der Waals surface area contributed by atoms with Gasteiger partial charge in [-0.3, -0.25) is 9.78 Å². The molecule has 3 aromatic rings. The lowest BCUT2D eigenvalue weighted by Gasteiger charge is -2.24. The average molecular weight is 361 g/mol. The highest BCUT2D eigenvalue weighted by Gasteiger charge is 2.27. The summed E-state index contributed by atoms with van der Waals surface area (Å²) in [5.41, 5.74) is 3.33. The summed E-state index contributed by atoms with van der Waals surface area (Å²) < 4.78 is 1.70. The van der Waals surface area contributed by atoms with Crippen LogP contribution in [0.4, 0.5) is 0 Å². The minimum atomic E-state index is -0.0408. The van der Waals surface area contributed by atoms with Crippen molar-refractivity contribution in [3.63, 3.8) is 0 Å². The molecule has 3 heterocycles. The monoisotopic (exact) mass is 361 g/mol. The number of carbonyl (C=O) groups is 1. The molecule has 0 radical (unpaired) electrons.